The Hall–Kier alpha value is -8.42. The molecular formula is C42H40O20. The van der Waals surface area contributed by atoms with Crippen LogP contribution >= 0.6 is 0 Å². The van der Waals surface area contributed by atoms with E-state index in [2.05, 4.69) is 0 Å². The van der Waals surface area contributed by atoms with Gasteiger partial charge in [0.05, 0.1) is 21.5 Å². The molecule has 8 rings (SSSR count). The number of hydrogen-bond acceptors (Lipinski definition) is 14. The van der Waals surface area contributed by atoms with Crippen molar-refractivity contribution in [1.82, 2.24) is 0 Å². The van der Waals surface area contributed by atoms with Gasteiger partial charge in [0.25, 0.3) is 35.8 Å². The van der Waals surface area contributed by atoms with Crippen molar-refractivity contribution < 1.29 is 90.0 Å². The van der Waals surface area contributed by atoms with E-state index in [0.717, 1.165) is 53.7 Å². The van der Waals surface area contributed by atoms with Crippen LogP contribution in [0.1, 0.15) is 52.7 Å². The van der Waals surface area contributed by atoms with Gasteiger partial charge in [-0.15, -0.1) is 0 Å². The van der Waals surface area contributed by atoms with Gasteiger partial charge in [0.2, 0.25) is 10.9 Å². The van der Waals surface area contributed by atoms with Crippen LogP contribution in [-0.4, -0.2) is 97.1 Å². The van der Waals surface area contributed by atoms with E-state index in [-0.39, 0.29) is 54.6 Å². The Morgan fingerprint density at radius 2 is 0.435 bits per heavy atom. The first kappa shape index (κ1) is 49.7. The standard InChI is InChI=1S/C30H16O8.6C2H4O2/c1-7-3-9(31)19-23-15(7)16-8(2)4-10(32)20-24(16)28-26-18(12(34)6-14(36)22(26)30(20)38)17-11(33)5-13(35)21(29(19)37)25(17)27(23)28;6*1-2(3)4/h3-6,31-36H,1-2H3;6*1H3,(H,3,4). The molecule has 0 heterocycles. The van der Waals surface area contributed by atoms with Crippen molar-refractivity contribution in [1.29, 1.82) is 0 Å². The van der Waals surface area contributed by atoms with Crippen molar-refractivity contribution in [3.8, 4) is 34.5 Å². The van der Waals surface area contributed by atoms with E-state index >= 15 is 0 Å². The molecule has 0 atom stereocenters. The second kappa shape index (κ2) is 19.1. The summed E-state index contributed by atoms with van der Waals surface area (Å²) < 4.78 is 0. The predicted octanol–water partition coefficient (Wildman–Crippen LogP) is 5.63. The highest BCUT2D eigenvalue weighted by molar-refractivity contribution is 6.50. The van der Waals surface area contributed by atoms with Gasteiger partial charge in [-0.25, -0.2) is 0 Å². The molecule has 8 aromatic carbocycles. The van der Waals surface area contributed by atoms with Gasteiger partial charge in [0.1, 0.15) is 34.5 Å². The van der Waals surface area contributed by atoms with Gasteiger partial charge in [-0.2, -0.15) is 0 Å². The summed E-state index contributed by atoms with van der Waals surface area (Å²) in [5.41, 5.74) is -0.112. The molecule has 0 saturated heterocycles. The maximum atomic E-state index is 13.9. The average Bonchev–Trinajstić information content (AvgIpc) is 3.06. The van der Waals surface area contributed by atoms with Gasteiger partial charge in [-0.05, 0) is 47.9 Å². The minimum absolute atomic E-state index is 0.0211. The number of benzene rings is 8. The molecule has 0 aliphatic heterocycles. The fraction of sp³-hybridized carbons (Fsp3) is 0.190. The number of phenols is 6. The molecule has 0 spiro atoms. The zero-order chi connectivity index (χ0) is 48.1. The molecule has 0 aliphatic carbocycles. The highest BCUT2D eigenvalue weighted by Gasteiger charge is 2.32. The van der Waals surface area contributed by atoms with E-state index in [1.807, 2.05) is 0 Å². The normalized spacial score (nSPS) is 10.3. The Balaban J connectivity index is 0.000000459. The number of aromatic hydroxyl groups is 6. The minimum Gasteiger partial charge on any atom is -0.507 e. The van der Waals surface area contributed by atoms with Crippen molar-refractivity contribution in [2.45, 2.75) is 55.4 Å². The van der Waals surface area contributed by atoms with Crippen molar-refractivity contribution in [2.75, 3.05) is 0 Å². The van der Waals surface area contributed by atoms with Crippen molar-refractivity contribution >= 4 is 111 Å². The highest BCUT2D eigenvalue weighted by Crippen LogP contribution is 2.57. The largest absolute Gasteiger partial charge is 0.507 e. The van der Waals surface area contributed by atoms with Crippen LogP contribution in [0.25, 0.3) is 75.4 Å². The second-order valence-electron chi connectivity index (χ2n) is 13.3. The number of carbonyl (C=O) groups is 6. The molecule has 328 valence electrons. The topological polar surface area (TPSA) is 379 Å². The van der Waals surface area contributed by atoms with Gasteiger partial charge in [0.15, 0.2) is 0 Å². The lowest BCUT2D eigenvalue weighted by Crippen LogP contribution is -2.10. The molecule has 0 radical (unpaired) electrons. The Morgan fingerprint density at radius 1 is 0.290 bits per heavy atom. The van der Waals surface area contributed by atoms with E-state index in [4.69, 9.17) is 59.4 Å². The van der Waals surface area contributed by atoms with E-state index < -0.39 is 69.7 Å². The molecule has 20 heteroatoms. The van der Waals surface area contributed by atoms with Gasteiger partial charge in [0, 0.05) is 96.8 Å². The van der Waals surface area contributed by atoms with Crippen LogP contribution in [0.2, 0.25) is 0 Å². The van der Waals surface area contributed by atoms with Gasteiger partial charge in [-0.3, -0.25) is 38.4 Å². The molecule has 20 nitrogen and oxygen atoms in total. The van der Waals surface area contributed by atoms with Crippen LogP contribution in [0, 0.1) is 13.8 Å². The number of fused-ring (bicyclic) bond motifs is 2. The average molecular weight is 865 g/mol. The van der Waals surface area contributed by atoms with Crippen LogP contribution in [0.15, 0.2) is 33.9 Å². The molecule has 0 bridgehead atoms. The highest BCUT2D eigenvalue weighted by atomic mass is 16.4. The summed E-state index contributed by atoms with van der Waals surface area (Å²) in [5.74, 6) is -7.51. The first-order chi connectivity index (χ1) is 28.4. The van der Waals surface area contributed by atoms with E-state index in [9.17, 15) is 40.2 Å². The van der Waals surface area contributed by atoms with Crippen molar-refractivity contribution in [3.05, 3.63) is 55.8 Å². The molecule has 0 aliphatic rings. The van der Waals surface area contributed by atoms with Crippen LogP contribution < -0.4 is 10.9 Å². The molecule has 12 N–H and O–H groups in total. The molecule has 0 fully saturated rings. The molecule has 0 saturated carbocycles. The summed E-state index contributed by atoms with van der Waals surface area (Å²) in [7, 11) is 0. The van der Waals surface area contributed by atoms with Crippen molar-refractivity contribution in [2.24, 2.45) is 0 Å². The lowest BCUT2D eigenvalue weighted by Gasteiger charge is -2.25. The van der Waals surface area contributed by atoms with Crippen LogP contribution in [0.3, 0.4) is 0 Å². The Labute approximate surface area is 346 Å². The van der Waals surface area contributed by atoms with Crippen LogP contribution in [0.5, 0.6) is 34.5 Å². The molecule has 0 amide bonds. The number of aryl methyl sites for hydroxylation is 2. The summed E-state index contributed by atoms with van der Waals surface area (Å²) in [6.45, 7) is 10.0. The number of phenolic OH excluding ortho intramolecular Hbond substituents is 6. The van der Waals surface area contributed by atoms with Gasteiger partial charge < -0.3 is 61.3 Å². The quantitative estimate of drug-likeness (QED) is 0.0649. The van der Waals surface area contributed by atoms with Crippen LogP contribution in [0.4, 0.5) is 0 Å². The Bertz CT molecular complexity index is 2710. The number of hydrogen-bond donors (Lipinski definition) is 12. The van der Waals surface area contributed by atoms with Gasteiger partial charge in [-0.1, -0.05) is 0 Å². The third-order valence-corrected chi connectivity index (χ3v) is 8.24. The summed E-state index contributed by atoms with van der Waals surface area (Å²) in [5, 5.41) is 113. The number of carboxylic acids is 6. The first-order valence-corrected chi connectivity index (χ1v) is 17.4. The molecular weight excluding hydrogens is 824 g/mol. The second-order valence-corrected chi connectivity index (χ2v) is 13.3. The first-order valence-electron chi connectivity index (χ1n) is 17.4. The van der Waals surface area contributed by atoms with Crippen molar-refractivity contribution in [3.63, 3.8) is 0 Å². The zero-order valence-electron chi connectivity index (χ0n) is 33.9. The third kappa shape index (κ3) is 9.88. The SMILES string of the molecule is CC(=O)O.CC(=O)O.CC(=O)O.CC(=O)O.CC(=O)O.CC(=O)O.Cc1cc(O)c2c(=O)c3c(O)cc(O)c4c5c(O)cc(O)c6c(=O)c7c(O)cc(C)c8c1c2c(c34)c(c78)c65. The smallest absolute Gasteiger partial charge is 0.300 e. The Morgan fingerprint density at radius 3 is 0.645 bits per heavy atom. The Kier molecular flexibility index (Phi) is 15.3. The maximum Gasteiger partial charge on any atom is 0.300 e. The summed E-state index contributed by atoms with van der Waals surface area (Å²) in [6.07, 6.45) is 0. The summed E-state index contributed by atoms with van der Waals surface area (Å²) in [4.78, 5) is 81.8. The molecule has 62 heavy (non-hydrogen) atoms. The van der Waals surface area contributed by atoms with E-state index in [1.165, 1.54) is 12.1 Å². The van der Waals surface area contributed by atoms with Gasteiger partial charge >= 0.3 is 0 Å². The summed E-state index contributed by atoms with van der Waals surface area (Å²) in [6, 6.07) is 4.86. The van der Waals surface area contributed by atoms with E-state index in [0.29, 0.717) is 43.4 Å². The van der Waals surface area contributed by atoms with E-state index in [1.54, 1.807) is 13.8 Å². The number of carboxylic acid groups (broad SMARTS) is 6. The molecule has 8 aromatic rings. The third-order valence-electron chi connectivity index (χ3n) is 8.24. The number of aliphatic carboxylic acids is 6. The summed E-state index contributed by atoms with van der Waals surface area (Å²) >= 11 is 0. The lowest BCUT2D eigenvalue weighted by molar-refractivity contribution is -0.135. The molecule has 0 unspecified atom stereocenters. The lowest BCUT2D eigenvalue weighted by atomic mass is 9.78. The zero-order valence-corrected chi connectivity index (χ0v) is 33.9. The monoisotopic (exact) mass is 864 g/mol. The van der Waals surface area contributed by atoms with Crippen LogP contribution in [-0.2, 0) is 28.8 Å². The number of rotatable bonds is 0. The fourth-order valence-corrected chi connectivity index (χ4v) is 6.98. The maximum absolute atomic E-state index is 13.9. The predicted molar refractivity (Wildman–Crippen MR) is 226 cm³/mol. The fourth-order valence-electron chi connectivity index (χ4n) is 6.98. The molecule has 0 aromatic heterocycles. The minimum atomic E-state index is -0.833.